The van der Waals surface area contributed by atoms with Crippen molar-refractivity contribution in [2.45, 2.75) is 12.3 Å². The lowest BCUT2D eigenvalue weighted by atomic mass is 10.0. The van der Waals surface area contributed by atoms with Crippen molar-refractivity contribution in [3.05, 3.63) is 29.3 Å². The zero-order valence-corrected chi connectivity index (χ0v) is 8.43. The van der Waals surface area contributed by atoms with Crippen molar-refractivity contribution in [1.29, 1.82) is 0 Å². The summed E-state index contributed by atoms with van der Waals surface area (Å²) in [7, 11) is 1.66. The first kappa shape index (κ1) is 8.77. The summed E-state index contributed by atoms with van der Waals surface area (Å²) in [5.74, 6) is 0.660. The van der Waals surface area contributed by atoms with E-state index in [0.717, 1.165) is 12.2 Å². The van der Waals surface area contributed by atoms with Crippen LogP contribution in [0.15, 0.2) is 18.2 Å². The number of fused-ring (bicyclic) bond motifs is 3. The highest BCUT2D eigenvalue weighted by atomic mass is 16.5. The Labute approximate surface area is 87.7 Å². The molecule has 0 aliphatic heterocycles. The number of carbonyl (C=O) groups is 1. The summed E-state index contributed by atoms with van der Waals surface area (Å²) in [5.41, 5.74) is 2.40. The van der Waals surface area contributed by atoms with Gasteiger partial charge >= 0.3 is 5.97 Å². The zero-order valence-electron chi connectivity index (χ0n) is 8.43. The Morgan fingerprint density at radius 2 is 2.33 bits per heavy atom. The Bertz CT molecular complexity index is 438. The Balaban J connectivity index is 2.00. The third-order valence-corrected chi connectivity index (χ3v) is 3.64. The van der Waals surface area contributed by atoms with E-state index in [1.54, 1.807) is 7.11 Å². The summed E-state index contributed by atoms with van der Waals surface area (Å²) >= 11 is 0. The van der Waals surface area contributed by atoms with Gasteiger partial charge in [0.25, 0.3) is 0 Å². The van der Waals surface area contributed by atoms with Gasteiger partial charge in [0.1, 0.15) is 5.75 Å². The van der Waals surface area contributed by atoms with Gasteiger partial charge in [-0.1, -0.05) is 12.1 Å². The molecule has 0 bridgehead atoms. The van der Waals surface area contributed by atoms with E-state index in [2.05, 4.69) is 0 Å². The van der Waals surface area contributed by atoms with Crippen LogP contribution >= 0.6 is 0 Å². The number of carboxylic acid groups (broad SMARTS) is 1. The molecule has 0 radical (unpaired) electrons. The summed E-state index contributed by atoms with van der Waals surface area (Å²) in [6.07, 6.45) is 0.862. The third-order valence-electron chi connectivity index (χ3n) is 3.64. The van der Waals surface area contributed by atoms with Crippen molar-refractivity contribution < 1.29 is 14.6 Å². The monoisotopic (exact) mass is 204 g/mol. The van der Waals surface area contributed by atoms with Gasteiger partial charge in [0, 0.05) is 5.92 Å². The summed E-state index contributed by atoms with van der Waals surface area (Å²) in [5, 5.41) is 8.98. The van der Waals surface area contributed by atoms with Gasteiger partial charge in [0.2, 0.25) is 0 Å². The number of rotatable bonds is 2. The molecule has 0 aromatic heterocycles. The molecule has 1 aromatic carbocycles. The maximum atomic E-state index is 10.9. The molecule has 3 heteroatoms. The number of benzene rings is 1. The fourth-order valence-electron chi connectivity index (χ4n) is 2.93. The molecule has 0 saturated heterocycles. The Kier molecular flexibility index (Phi) is 1.61. The molecule has 15 heavy (non-hydrogen) atoms. The maximum absolute atomic E-state index is 10.9. The molecule has 1 saturated carbocycles. The lowest BCUT2D eigenvalue weighted by molar-refractivity contribution is -0.139. The standard InChI is InChI=1S/C12H12O3/c1-15-9-4-2-3-6-7(9)5-8-10(6)11(8)12(13)14/h2-4,8,10-11H,5H2,1H3,(H,13,14). The quantitative estimate of drug-likeness (QED) is 0.797. The van der Waals surface area contributed by atoms with Crippen LogP contribution in [0, 0.1) is 11.8 Å². The van der Waals surface area contributed by atoms with Gasteiger partial charge in [0.15, 0.2) is 0 Å². The van der Waals surface area contributed by atoms with Crippen LogP contribution in [0.4, 0.5) is 0 Å². The highest BCUT2D eigenvalue weighted by Gasteiger charge is 2.60. The van der Waals surface area contributed by atoms with E-state index in [4.69, 9.17) is 9.84 Å². The Morgan fingerprint density at radius 1 is 1.53 bits per heavy atom. The van der Waals surface area contributed by atoms with Crippen molar-refractivity contribution >= 4 is 5.97 Å². The molecule has 0 spiro atoms. The van der Waals surface area contributed by atoms with Gasteiger partial charge in [-0.2, -0.15) is 0 Å². The zero-order chi connectivity index (χ0) is 10.6. The van der Waals surface area contributed by atoms with Crippen molar-refractivity contribution in [3.63, 3.8) is 0 Å². The van der Waals surface area contributed by atoms with Crippen LogP contribution in [0.1, 0.15) is 17.0 Å². The molecule has 0 amide bonds. The molecule has 3 rings (SSSR count). The molecular formula is C12H12O3. The molecule has 1 aromatic rings. The predicted molar refractivity (Wildman–Crippen MR) is 54.1 cm³/mol. The van der Waals surface area contributed by atoms with Crippen molar-refractivity contribution in [2.75, 3.05) is 7.11 Å². The number of methoxy groups -OCH3 is 1. The maximum Gasteiger partial charge on any atom is 0.307 e. The first-order valence-corrected chi connectivity index (χ1v) is 5.12. The Morgan fingerprint density at radius 3 is 3.00 bits per heavy atom. The summed E-state index contributed by atoms with van der Waals surface area (Å²) in [4.78, 5) is 10.9. The summed E-state index contributed by atoms with van der Waals surface area (Å²) in [6, 6.07) is 5.92. The molecule has 3 nitrogen and oxygen atoms in total. The molecular weight excluding hydrogens is 192 g/mol. The van der Waals surface area contributed by atoms with E-state index < -0.39 is 5.97 Å². The fourth-order valence-corrected chi connectivity index (χ4v) is 2.93. The van der Waals surface area contributed by atoms with Crippen LogP contribution in [0.25, 0.3) is 0 Å². The van der Waals surface area contributed by atoms with E-state index in [0.29, 0.717) is 5.92 Å². The van der Waals surface area contributed by atoms with Crippen LogP contribution in [0.5, 0.6) is 5.75 Å². The van der Waals surface area contributed by atoms with Crippen LogP contribution in [0.3, 0.4) is 0 Å². The second kappa shape index (κ2) is 2.75. The van der Waals surface area contributed by atoms with E-state index in [9.17, 15) is 4.79 Å². The fraction of sp³-hybridized carbons (Fsp3) is 0.417. The molecule has 1 N–H and O–H groups in total. The second-order valence-electron chi connectivity index (χ2n) is 4.29. The van der Waals surface area contributed by atoms with Gasteiger partial charge in [0.05, 0.1) is 13.0 Å². The third kappa shape index (κ3) is 1.03. The highest BCUT2D eigenvalue weighted by molar-refractivity contribution is 5.78. The highest BCUT2D eigenvalue weighted by Crippen LogP contribution is 2.62. The largest absolute Gasteiger partial charge is 0.496 e. The topological polar surface area (TPSA) is 46.5 Å². The normalized spacial score (nSPS) is 30.6. The van der Waals surface area contributed by atoms with Crippen molar-refractivity contribution in [2.24, 2.45) is 11.8 Å². The molecule has 3 unspecified atom stereocenters. The van der Waals surface area contributed by atoms with Gasteiger partial charge in [-0.05, 0) is 29.5 Å². The van der Waals surface area contributed by atoms with Crippen LogP contribution in [0.2, 0.25) is 0 Å². The number of carboxylic acids is 1. The van der Waals surface area contributed by atoms with Crippen molar-refractivity contribution in [3.8, 4) is 5.75 Å². The molecule has 3 atom stereocenters. The van der Waals surface area contributed by atoms with Crippen LogP contribution in [-0.4, -0.2) is 18.2 Å². The van der Waals surface area contributed by atoms with E-state index in [1.807, 2.05) is 18.2 Å². The lowest BCUT2D eigenvalue weighted by Crippen LogP contribution is -2.05. The smallest absolute Gasteiger partial charge is 0.307 e. The SMILES string of the molecule is COc1cccc2c1CC1C(C(=O)O)C21. The molecule has 2 aliphatic rings. The van der Waals surface area contributed by atoms with Crippen LogP contribution in [-0.2, 0) is 11.2 Å². The van der Waals surface area contributed by atoms with E-state index >= 15 is 0 Å². The number of aliphatic carboxylic acids is 1. The average Bonchev–Trinajstić information content (AvgIpc) is 2.82. The van der Waals surface area contributed by atoms with Gasteiger partial charge in [-0.3, -0.25) is 4.79 Å². The molecule has 78 valence electrons. The minimum atomic E-state index is -0.654. The molecule has 0 heterocycles. The van der Waals surface area contributed by atoms with Crippen LogP contribution < -0.4 is 4.74 Å². The summed E-state index contributed by atoms with van der Waals surface area (Å²) in [6.45, 7) is 0. The first-order chi connectivity index (χ1) is 7.24. The van der Waals surface area contributed by atoms with Gasteiger partial charge in [-0.25, -0.2) is 0 Å². The van der Waals surface area contributed by atoms with E-state index in [-0.39, 0.29) is 11.8 Å². The summed E-state index contributed by atoms with van der Waals surface area (Å²) < 4.78 is 5.27. The van der Waals surface area contributed by atoms with Gasteiger partial charge in [-0.15, -0.1) is 0 Å². The first-order valence-electron chi connectivity index (χ1n) is 5.12. The second-order valence-corrected chi connectivity index (χ2v) is 4.29. The molecule has 1 fully saturated rings. The lowest BCUT2D eigenvalue weighted by Gasteiger charge is -2.09. The Hall–Kier alpha value is -1.51. The van der Waals surface area contributed by atoms with E-state index in [1.165, 1.54) is 11.1 Å². The van der Waals surface area contributed by atoms with Gasteiger partial charge < -0.3 is 9.84 Å². The average molecular weight is 204 g/mol. The molecule has 2 aliphatic carbocycles. The number of ether oxygens (including phenoxy) is 1. The number of hydrogen-bond acceptors (Lipinski definition) is 2. The number of hydrogen-bond donors (Lipinski definition) is 1. The predicted octanol–water partition coefficient (Wildman–Crippen LogP) is 1.67. The minimum absolute atomic E-state index is 0.149. The van der Waals surface area contributed by atoms with Crippen molar-refractivity contribution in [1.82, 2.24) is 0 Å². The minimum Gasteiger partial charge on any atom is -0.496 e.